The van der Waals surface area contributed by atoms with Crippen LogP contribution in [0.3, 0.4) is 0 Å². The molecule has 3 fully saturated rings. The molecular formula is C27H39N3O5. The fourth-order valence-corrected chi connectivity index (χ4v) is 6.72. The Morgan fingerprint density at radius 2 is 1.91 bits per heavy atom. The molecule has 3 aliphatic rings. The number of carbonyl (C=O) groups excluding carboxylic acids is 3. The Morgan fingerprint density at radius 3 is 2.54 bits per heavy atom. The van der Waals surface area contributed by atoms with Crippen molar-refractivity contribution in [2.24, 2.45) is 11.8 Å². The summed E-state index contributed by atoms with van der Waals surface area (Å²) in [4.78, 5) is 42.5. The molecule has 1 spiro atoms. The van der Waals surface area contributed by atoms with E-state index in [1.807, 2.05) is 37.3 Å². The van der Waals surface area contributed by atoms with E-state index in [1.54, 1.807) is 11.9 Å². The maximum atomic E-state index is 14.1. The highest BCUT2D eigenvalue weighted by molar-refractivity contribution is 5.99. The smallest absolute Gasteiger partial charge is 0.245 e. The Bertz CT molecular complexity index is 940. The van der Waals surface area contributed by atoms with Crippen molar-refractivity contribution in [3.05, 3.63) is 35.9 Å². The minimum absolute atomic E-state index is 0.223. The van der Waals surface area contributed by atoms with Crippen LogP contribution < -0.4 is 10.6 Å². The maximum absolute atomic E-state index is 14.1. The predicted molar refractivity (Wildman–Crippen MR) is 131 cm³/mol. The van der Waals surface area contributed by atoms with Gasteiger partial charge in [-0.05, 0) is 37.7 Å². The second-order valence-electron chi connectivity index (χ2n) is 10.2. The summed E-state index contributed by atoms with van der Waals surface area (Å²) in [6, 6.07) is 8.16. The van der Waals surface area contributed by atoms with Crippen LogP contribution in [0.15, 0.2) is 30.3 Å². The van der Waals surface area contributed by atoms with Crippen LogP contribution in [-0.4, -0.2) is 71.2 Å². The largest absolute Gasteiger partial charge is 0.394 e. The first-order valence-corrected chi connectivity index (χ1v) is 13.1. The fraction of sp³-hybridized carbons (Fsp3) is 0.667. The molecule has 2 unspecified atom stereocenters. The lowest BCUT2D eigenvalue weighted by atomic mass is 9.65. The van der Waals surface area contributed by atoms with Crippen molar-refractivity contribution in [1.82, 2.24) is 15.5 Å². The zero-order valence-corrected chi connectivity index (χ0v) is 21.1. The third-order valence-electron chi connectivity index (χ3n) is 8.39. The second-order valence-corrected chi connectivity index (χ2v) is 10.2. The summed E-state index contributed by atoms with van der Waals surface area (Å²) in [6.45, 7) is 4.31. The lowest BCUT2D eigenvalue weighted by molar-refractivity contribution is -0.151. The van der Waals surface area contributed by atoms with Crippen LogP contribution in [0.2, 0.25) is 0 Å². The third-order valence-corrected chi connectivity index (χ3v) is 8.39. The van der Waals surface area contributed by atoms with Crippen LogP contribution in [0.25, 0.3) is 0 Å². The molecule has 0 saturated carbocycles. The number of aliphatic hydroxyl groups excluding tert-OH is 1. The van der Waals surface area contributed by atoms with Gasteiger partial charge >= 0.3 is 0 Å². The van der Waals surface area contributed by atoms with Crippen molar-refractivity contribution in [2.45, 2.75) is 82.1 Å². The number of carbonyl (C=O) groups is 3. The number of fused-ring (bicyclic) bond motifs is 1. The van der Waals surface area contributed by atoms with Gasteiger partial charge in [0.05, 0.1) is 30.1 Å². The van der Waals surface area contributed by atoms with Crippen LogP contribution in [0.5, 0.6) is 0 Å². The highest BCUT2D eigenvalue weighted by Gasteiger charge is 2.79. The Balaban J connectivity index is 1.73. The van der Waals surface area contributed by atoms with Crippen molar-refractivity contribution in [2.75, 3.05) is 20.2 Å². The normalized spacial score (nSPS) is 31.9. The van der Waals surface area contributed by atoms with Gasteiger partial charge < -0.3 is 25.4 Å². The van der Waals surface area contributed by atoms with E-state index in [4.69, 9.17) is 4.74 Å². The predicted octanol–water partition coefficient (Wildman–Crippen LogP) is 1.80. The fourth-order valence-electron chi connectivity index (χ4n) is 6.72. The number of hydrogen-bond donors (Lipinski definition) is 3. The zero-order valence-electron chi connectivity index (χ0n) is 21.1. The molecule has 3 N–H and O–H groups in total. The van der Waals surface area contributed by atoms with Gasteiger partial charge in [-0.3, -0.25) is 14.4 Å². The SMILES string of the molecule is CCCCCNC(=O)C1N([C@@H](CO)Cc2ccccc2)C(=O)[C@@H]2[C@@H](C(=O)NC)[C@@]3(CC)CCC12O3. The van der Waals surface area contributed by atoms with Crippen LogP contribution in [0.1, 0.15) is 57.9 Å². The molecule has 3 saturated heterocycles. The molecule has 6 atom stereocenters. The molecule has 192 valence electrons. The number of unbranched alkanes of at least 4 members (excludes halogenated alkanes) is 2. The van der Waals surface area contributed by atoms with E-state index >= 15 is 0 Å². The van der Waals surface area contributed by atoms with E-state index < -0.39 is 35.1 Å². The molecular weight excluding hydrogens is 446 g/mol. The summed E-state index contributed by atoms with van der Waals surface area (Å²) >= 11 is 0. The number of likely N-dealkylation sites (tertiary alicyclic amines) is 1. The molecule has 3 heterocycles. The molecule has 1 aromatic rings. The molecule has 3 amide bonds. The van der Waals surface area contributed by atoms with Crippen LogP contribution >= 0.6 is 0 Å². The summed E-state index contributed by atoms with van der Waals surface area (Å²) in [7, 11) is 1.57. The molecule has 3 aliphatic heterocycles. The van der Waals surface area contributed by atoms with E-state index in [9.17, 15) is 19.5 Å². The first-order valence-electron chi connectivity index (χ1n) is 13.1. The summed E-state index contributed by atoms with van der Waals surface area (Å²) in [5.41, 5.74) is -0.848. The van der Waals surface area contributed by atoms with Crippen molar-refractivity contribution < 1.29 is 24.2 Å². The number of aliphatic hydroxyl groups is 1. The molecule has 0 aromatic heterocycles. The summed E-state index contributed by atoms with van der Waals surface area (Å²) in [5, 5.41) is 16.2. The highest BCUT2D eigenvalue weighted by atomic mass is 16.5. The minimum Gasteiger partial charge on any atom is -0.394 e. The van der Waals surface area contributed by atoms with Gasteiger partial charge in [0.25, 0.3) is 0 Å². The monoisotopic (exact) mass is 485 g/mol. The van der Waals surface area contributed by atoms with Crippen LogP contribution in [0, 0.1) is 11.8 Å². The van der Waals surface area contributed by atoms with Gasteiger partial charge in [0, 0.05) is 13.6 Å². The average Bonchev–Trinajstić information content (AvgIpc) is 3.49. The van der Waals surface area contributed by atoms with Gasteiger partial charge in [-0.2, -0.15) is 0 Å². The highest BCUT2D eigenvalue weighted by Crippen LogP contribution is 2.64. The number of benzene rings is 1. The Kier molecular flexibility index (Phi) is 7.52. The topological polar surface area (TPSA) is 108 Å². The third kappa shape index (κ3) is 4.14. The molecule has 2 bridgehead atoms. The van der Waals surface area contributed by atoms with E-state index in [-0.39, 0.29) is 24.3 Å². The first-order chi connectivity index (χ1) is 16.9. The lowest BCUT2D eigenvalue weighted by Crippen LogP contribution is -2.58. The number of nitrogens with zero attached hydrogens (tertiary/aromatic N) is 1. The van der Waals surface area contributed by atoms with Crippen LogP contribution in [-0.2, 0) is 25.5 Å². The molecule has 35 heavy (non-hydrogen) atoms. The van der Waals surface area contributed by atoms with E-state index in [1.165, 1.54) is 0 Å². The molecule has 0 radical (unpaired) electrons. The maximum Gasteiger partial charge on any atom is 0.245 e. The van der Waals surface area contributed by atoms with Crippen molar-refractivity contribution in [3.8, 4) is 0 Å². The summed E-state index contributed by atoms with van der Waals surface area (Å²) in [6.07, 6.45) is 5.06. The minimum atomic E-state index is -1.07. The number of rotatable bonds is 11. The van der Waals surface area contributed by atoms with Gasteiger partial charge in [0.2, 0.25) is 17.7 Å². The van der Waals surface area contributed by atoms with Crippen LogP contribution in [0.4, 0.5) is 0 Å². The first kappa shape index (κ1) is 25.6. The standard InChI is InChI=1S/C27H39N3O5/c1-4-6-10-15-29-24(33)22-27-14-13-26(5-2,35-27)20(23(32)28-3)21(27)25(34)30(22)19(17-31)16-18-11-8-7-9-12-18/h7-9,11-12,19-22,31H,4-6,10,13-17H2,1-3H3,(H,28,32)(H,29,33)/t19-,20+,21+,22?,26-,27?/m1/s1. The zero-order chi connectivity index (χ0) is 25.2. The number of amides is 3. The van der Waals surface area contributed by atoms with Crippen molar-refractivity contribution >= 4 is 17.7 Å². The Hall–Kier alpha value is -2.45. The van der Waals surface area contributed by atoms with E-state index in [0.717, 1.165) is 24.8 Å². The van der Waals surface area contributed by atoms with Crippen molar-refractivity contribution in [3.63, 3.8) is 0 Å². The second kappa shape index (κ2) is 10.3. The van der Waals surface area contributed by atoms with Gasteiger partial charge in [-0.15, -0.1) is 0 Å². The van der Waals surface area contributed by atoms with E-state index in [2.05, 4.69) is 17.6 Å². The lowest BCUT2D eigenvalue weighted by Gasteiger charge is -2.37. The molecule has 1 aromatic carbocycles. The number of ether oxygens (including phenoxy) is 1. The Morgan fingerprint density at radius 1 is 1.17 bits per heavy atom. The van der Waals surface area contributed by atoms with Gasteiger partial charge in [-0.1, -0.05) is 57.0 Å². The number of hydrogen-bond acceptors (Lipinski definition) is 5. The van der Waals surface area contributed by atoms with Crippen molar-refractivity contribution in [1.29, 1.82) is 0 Å². The van der Waals surface area contributed by atoms with Gasteiger partial charge in [0.1, 0.15) is 11.6 Å². The van der Waals surface area contributed by atoms with Gasteiger partial charge in [-0.25, -0.2) is 0 Å². The quantitative estimate of drug-likeness (QED) is 0.414. The summed E-state index contributed by atoms with van der Waals surface area (Å²) in [5.74, 6) is -2.15. The molecule has 0 aliphatic carbocycles. The van der Waals surface area contributed by atoms with E-state index in [0.29, 0.717) is 32.2 Å². The number of nitrogens with one attached hydrogen (secondary N) is 2. The summed E-state index contributed by atoms with van der Waals surface area (Å²) < 4.78 is 6.70. The van der Waals surface area contributed by atoms with Gasteiger partial charge in [0.15, 0.2) is 0 Å². The average molecular weight is 486 g/mol. The molecule has 8 nitrogen and oxygen atoms in total. The molecule has 4 rings (SSSR count). The Labute approximate surface area is 207 Å². The molecule has 8 heteroatoms.